The molecular formula is C22H25NO5. The van der Waals surface area contributed by atoms with Crippen molar-refractivity contribution in [2.75, 3.05) is 6.61 Å². The molecule has 0 aliphatic carbocycles. The van der Waals surface area contributed by atoms with E-state index in [9.17, 15) is 19.5 Å². The molecule has 1 amide bonds. The third-order valence-electron chi connectivity index (χ3n) is 5.13. The van der Waals surface area contributed by atoms with Crippen LogP contribution < -0.4 is 0 Å². The van der Waals surface area contributed by atoms with Crippen molar-refractivity contribution < 1.29 is 24.2 Å². The van der Waals surface area contributed by atoms with E-state index in [1.807, 2.05) is 52.0 Å². The van der Waals surface area contributed by atoms with Crippen LogP contribution in [0, 0.1) is 0 Å². The van der Waals surface area contributed by atoms with Crippen molar-refractivity contribution in [3.8, 4) is 5.75 Å². The molecule has 0 bridgehead atoms. The lowest BCUT2D eigenvalue weighted by atomic mass is 9.79. The molecule has 2 aromatic carbocycles. The summed E-state index contributed by atoms with van der Waals surface area (Å²) >= 11 is 0. The van der Waals surface area contributed by atoms with Crippen LogP contribution in [0.2, 0.25) is 0 Å². The predicted octanol–water partition coefficient (Wildman–Crippen LogP) is 3.45. The molecule has 0 unspecified atom stereocenters. The van der Waals surface area contributed by atoms with Crippen molar-refractivity contribution in [3.63, 3.8) is 0 Å². The van der Waals surface area contributed by atoms with Gasteiger partial charge in [-0.05, 0) is 50.6 Å². The Morgan fingerprint density at radius 1 is 1.04 bits per heavy atom. The molecule has 148 valence electrons. The maximum absolute atomic E-state index is 12.8. The van der Waals surface area contributed by atoms with Crippen LogP contribution in [0.3, 0.4) is 0 Å². The monoisotopic (exact) mass is 383 g/mol. The first-order chi connectivity index (χ1) is 13.0. The van der Waals surface area contributed by atoms with Crippen LogP contribution in [-0.4, -0.2) is 45.4 Å². The number of ether oxygens (including phenoxy) is 1. The number of likely N-dealkylation sites (tertiary alicyclic amines) is 1. The first-order valence-electron chi connectivity index (χ1n) is 9.25. The van der Waals surface area contributed by atoms with Gasteiger partial charge in [0.25, 0.3) is 5.91 Å². The summed E-state index contributed by atoms with van der Waals surface area (Å²) in [6.45, 7) is 6.88. The topological polar surface area (TPSA) is 83.9 Å². The molecule has 1 N–H and O–H groups in total. The number of carbonyl (C=O) groups excluding carboxylic acids is 3. The summed E-state index contributed by atoms with van der Waals surface area (Å²) in [5.74, 6) is -1.21. The first kappa shape index (κ1) is 19.9. The van der Waals surface area contributed by atoms with Crippen LogP contribution in [0.25, 0.3) is 10.8 Å². The Kier molecular flexibility index (Phi) is 4.91. The van der Waals surface area contributed by atoms with Gasteiger partial charge in [-0.1, -0.05) is 24.3 Å². The lowest BCUT2D eigenvalue weighted by Gasteiger charge is -2.51. The van der Waals surface area contributed by atoms with Gasteiger partial charge in [0.2, 0.25) is 0 Å². The molecule has 6 heteroatoms. The molecule has 0 aromatic heterocycles. The highest BCUT2D eigenvalue weighted by atomic mass is 16.5. The van der Waals surface area contributed by atoms with E-state index in [1.54, 1.807) is 11.0 Å². The number of nitrogens with zero attached hydrogens (tertiary/aromatic N) is 1. The second kappa shape index (κ2) is 6.93. The largest absolute Gasteiger partial charge is 0.507 e. The number of phenolic OH excluding ortho intramolecular Hbond substituents is 1. The van der Waals surface area contributed by atoms with Crippen LogP contribution in [0.15, 0.2) is 36.4 Å². The number of hydrogen-bond donors (Lipinski definition) is 1. The molecule has 3 rings (SSSR count). The summed E-state index contributed by atoms with van der Waals surface area (Å²) in [6.07, 6.45) is 0.531. The van der Waals surface area contributed by atoms with Gasteiger partial charge in [-0.3, -0.25) is 9.59 Å². The SMILES string of the molecule is CC1(C)CC(=O)CC(C)(C)N1C(=O)COC(=O)c1cc2ccccc2cc1O. The van der Waals surface area contributed by atoms with Crippen LogP contribution in [0.5, 0.6) is 5.75 Å². The van der Waals surface area contributed by atoms with Gasteiger partial charge in [0.05, 0.1) is 0 Å². The highest BCUT2D eigenvalue weighted by Crippen LogP contribution is 2.36. The van der Waals surface area contributed by atoms with Crippen molar-refractivity contribution in [2.45, 2.75) is 51.6 Å². The van der Waals surface area contributed by atoms with E-state index in [4.69, 9.17) is 4.74 Å². The summed E-state index contributed by atoms with van der Waals surface area (Å²) in [5, 5.41) is 11.7. The quantitative estimate of drug-likeness (QED) is 0.821. The Hall–Kier alpha value is -2.89. The molecule has 0 radical (unpaired) electrons. The fraction of sp³-hybridized carbons (Fsp3) is 0.409. The molecule has 2 aromatic rings. The van der Waals surface area contributed by atoms with Gasteiger partial charge in [-0.2, -0.15) is 0 Å². The predicted molar refractivity (Wildman–Crippen MR) is 105 cm³/mol. The van der Waals surface area contributed by atoms with E-state index in [0.717, 1.165) is 10.8 Å². The van der Waals surface area contributed by atoms with E-state index in [0.29, 0.717) is 0 Å². The Bertz CT molecular complexity index is 941. The molecule has 6 nitrogen and oxygen atoms in total. The molecule has 1 heterocycles. The Balaban J connectivity index is 1.76. The molecule has 0 saturated carbocycles. The Morgan fingerprint density at radius 3 is 2.14 bits per heavy atom. The third-order valence-corrected chi connectivity index (χ3v) is 5.13. The van der Waals surface area contributed by atoms with Crippen LogP contribution >= 0.6 is 0 Å². The number of piperidine rings is 1. The Labute approximate surface area is 164 Å². The molecule has 1 fully saturated rings. The minimum atomic E-state index is -0.764. The lowest BCUT2D eigenvalue weighted by molar-refractivity contribution is -0.156. The van der Waals surface area contributed by atoms with Crippen molar-refractivity contribution in [1.29, 1.82) is 0 Å². The minimum absolute atomic E-state index is 0.0128. The summed E-state index contributed by atoms with van der Waals surface area (Å²) in [6, 6.07) is 10.4. The number of phenols is 1. The maximum Gasteiger partial charge on any atom is 0.342 e. The van der Waals surface area contributed by atoms with Gasteiger partial charge >= 0.3 is 5.97 Å². The molecule has 0 atom stereocenters. The van der Waals surface area contributed by atoms with Gasteiger partial charge in [0.15, 0.2) is 6.61 Å². The average molecular weight is 383 g/mol. The van der Waals surface area contributed by atoms with Crippen molar-refractivity contribution in [2.24, 2.45) is 0 Å². The van der Waals surface area contributed by atoms with E-state index >= 15 is 0 Å². The standard InChI is InChI=1S/C22H25NO5/c1-21(2)11-16(24)12-22(3,4)23(21)19(26)13-28-20(27)17-9-14-7-5-6-8-15(14)10-18(17)25/h5-10,25H,11-13H2,1-4H3. The van der Waals surface area contributed by atoms with E-state index < -0.39 is 23.7 Å². The highest BCUT2D eigenvalue weighted by molar-refractivity contribution is 5.99. The number of aromatic hydroxyl groups is 1. The first-order valence-corrected chi connectivity index (χ1v) is 9.25. The van der Waals surface area contributed by atoms with Crippen LogP contribution in [0.1, 0.15) is 50.9 Å². The summed E-state index contributed by atoms with van der Waals surface area (Å²) in [4.78, 5) is 38.9. The number of Topliss-reactive ketones (excluding diaryl/α,β-unsaturated/α-hetero) is 1. The third kappa shape index (κ3) is 3.72. The molecule has 1 saturated heterocycles. The molecule has 28 heavy (non-hydrogen) atoms. The number of benzene rings is 2. The number of amides is 1. The van der Waals surface area contributed by atoms with E-state index in [2.05, 4.69) is 0 Å². The molecule has 1 aliphatic heterocycles. The number of rotatable bonds is 3. The zero-order valence-corrected chi connectivity index (χ0v) is 16.6. The second-order valence-electron chi connectivity index (χ2n) is 8.54. The maximum atomic E-state index is 12.8. The van der Waals surface area contributed by atoms with Crippen molar-refractivity contribution in [3.05, 3.63) is 42.0 Å². The van der Waals surface area contributed by atoms with Gasteiger partial charge < -0.3 is 14.7 Å². The van der Waals surface area contributed by atoms with Crippen LogP contribution in [-0.2, 0) is 14.3 Å². The number of carbonyl (C=O) groups is 3. The lowest BCUT2D eigenvalue weighted by Crippen LogP contribution is -2.63. The van der Waals surface area contributed by atoms with Gasteiger partial charge in [-0.25, -0.2) is 4.79 Å². The van der Waals surface area contributed by atoms with Crippen molar-refractivity contribution in [1.82, 2.24) is 4.90 Å². The number of fused-ring (bicyclic) bond motifs is 1. The summed E-state index contributed by atoms with van der Waals surface area (Å²) < 4.78 is 5.21. The summed E-state index contributed by atoms with van der Waals surface area (Å²) in [7, 11) is 0. The fourth-order valence-electron chi connectivity index (χ4n) is 4.34. The van der Waals surface area contributed by atoms with Crippen molar-refractivity contribution >= 4 is 28.4 Å². The zero-order valence-electron chi connectivity index (χ0n) is 16.6. The van der Waals surface area contributed by atoms with E-state index in [-0.39, 0.29) is 35.8 Å². The highest BCUT2D eigenvalue weighted by Gasteiger charge is 2.47. The molecule has 1 aliphatic rings. The van der Waals surface area contributed by atoms with E-state index in [1.165, 1.54) is 6.07 Å². The number of esters is 1. The summed E-state index contributed by atoms with van der Waals surface area (Å²) in [5.41, 5.74) is -1.31. The number of ketones is 1. The second-order valence-corrected chi connectivity index (χ2v) is 8.54. The minimum Gasteiger partial charge on any atom is -0.507 e. The molecule has 0 spiro atoms. The van der Waals surface area contributed by atoms with Gasteiger partial charge in [-0.15, -0.1) is 0 Å². The molecular weight excluding hydrogens is 358 g/mol. The van der Waals surface area contributed by atoms with Gasteiger partial charge in [0, 0.05) is 23.9 Å². The average Bonchev–Trinajstić information content (AvgIpc) is 2.56. The number of hydrogen-bond acceptors (Lipinski definition) is 5. The Morgan fingerprint density at radius 2 is 1.57 bits per heavy atom. The zero-order chi connectivity index (χ0) is 20.7. The smallest absolute Gasteiger partial charge is 0.342 e. The van der Waals surface area contributed by atoms with Crippen LogP contribution in [0.4, 0.5) is 0 Å². The van der Waals surface area contributed by atoms with Gasteiger partial charge in [0.1, 0.15) is 17.1 Å². The normalized spacial score (nSPS) is 18.1. The fourth-order valence-corrected chi connectivity index (χ4v) is 4.34.